The number of fused-ring (bicyclic) bond motifs is 1. The minimum absolute atomic E-state index is 0.0309. The number of aromatic nitrogens is 2. The van der Waals surface area contributed by atoms with Crippen molar-refractivity contribution in [1.82, 2.24) is 9.78 Å². The van der Waals surface area contributed by atoms with Crippen molar-refractivity contribution >= 4 is 33.3 Å². The van der Waals surface area contributed by atoms with E-state index < -0.39 is 15.8 Å². The van der Waals surface area contributed by atoms with Gasteiger partial charge in [-0.2, -0.15) is 9.78 Å². The van der Waals surface area contributed by atoms with Crippen LogP contribution in [-0.2, 0) is 21.2 Å². The van der Waals surface area contributed by atoms with E-state index in [0.29, 0.717) is 28.8 Å². The van der Waals surface area contributed by atoms with Crippen molar-refractivity contribution in [3.05, 3.63) is 59.5 Å². The molecule has 0 saturated heterocycles. The standard InChI is InChI=1S/C22H21FN4O4S/c1-3-16-21(22-24-19(28)10-11-20(29)27(22)25-16)14-9-8-13(2)18(12-14)32(30,31)26-17-7-5-4-6-15(17)23/h4-9,12,26H,3,10-11H2,1-2H3,(H,24,28). The number of amides is 1. The lowest BCUT2D eigenvalue weighted by Gasteiger charge is -2.13. The first-order valence-corrected chi connectivity index (χ1v) is 11.5. The van der Waals surface area contributed by atoms with Gasteiger partial charge in [-0.1, -0.05) is 31.2 Å². The third-order valence-corrected chi connectivity index (χ3v) is 6.74. The fourth-order valence-corrected chi connectivity index (χ4v) is 4.96. The Morgan fingerprint density at radius 1 is 1.16 bits per heavy atom. The molecule has 10 heteroatoms. The molecule has 0 saturated carbocycles. The van der Waals surface area contributed by atoms with Crippen molar-refractivity contribution in [3.63, 3.8) is 0 Å². The van der Waals surface area contributed by atoms with Crippen LogP contribution in [0.25, 0.3) is 11.1 Å². The summed E-state index contributed by atoms with van der Waals surface area (Å²) >= 11 is 0. The van der Waals surface area contributed by atoms with Crippen LogP contribution in [0.4, 0.5) is 15.9 Å². The average Bonchev–Trinajstić information content (AvgIpc) is 3.05. The lowest BCUT2D eigenvalue weighted by molar-refractivity contribution is -0.116. The molecule has 0 spiro atoms. The maximum absolute atomic E-state index is 14.0. The number of carbonyl (C=O) groups excluding carboxylic acids is 2. The monoisotopic (exact) mass is 456 g/mol. The van der Waals surface area contributed by atoms with Gasteiger partial charge in [0.2, 0.25) is 11.8 Å². The number of benzene rings is 2. The van der Waals surface area contributed by atoms with Gasteiger partial charge in [0.15, 0.2) is 0 Å². The summed E-state index contributed by atoms with van der Waals surface area (Å²) in [6.45, 7) is 3.48. The Bertz CT molecular complexity index is 1350. The van der Waals surface area contributed by atoms with E-state index in [2.05, 4.69) is 15.1 Å². The van der Waals surface area contributed by atoms with Crippen molar-refractivity contribution in [2.75, 3.05) is 10.0 Å². The van der Waals surface area contributed by atoms with Crippen molar-refractivity contribution < 1.29 is 22.4 Å². The van der Waals surface area contributed by atoms with E-state index in [4.69, 9.17) is 0 Å². The number of nitrogens with zero attached hydrogens (tertiary/aromatic N) is 2. The van der Waals surface area contributed by atoms with Gasteiger partial charge in [-0.3, -0.25) is 14.3 Å². The maximum Gasteiger partial charge on any atom is 0.262 e. The van der Waals surface area contributed by atoms with Crippen LogP contribution >= 0.6 is 0 Å². The topological polar surface area (TPSA) is 110 Å². The number of halogens is 1. The van der Waals surface area contributed by atoms with Crippen LogP contribution < -0.4 is 10.0 Å². The first kappa shape index (κ1) is 21.7. The molecule has 2 aromatic carbocycles. The Morgan fingerprint density at radius 2 is 1.91 bits per heavy atom. The van der Waals surface area contributed by atoms with Gasteiger partial charge in [0.1, 0.15) is 11.6 Å². The second kappa shape index (κ2) is 8.19. The van der Waals surface area contributed by atoms with Gasteiger partial charge in [0.25, 0.3) is 10.0 Å². The fourth-order valence-electron chi connectivity index (χ4n) is 3.62. The Morgan fingerprint density at radius 3 is 2.62 bits per heavy atom. The number of anilines is 2. The molecular formula is C22H21FN4O4S. The molecule has 0 radical (unpaired) electrons. The minimum atomic E-state index is -4.12. The third-order valence-electron chi connectivity index (χ3n) is 5.24. The number of hydrogen-bond acceptors (Lipinski definition) is 5. The molecule has 0 bridgehead atoms. The number of para-hydroxylation sites is 1. The highest BCUT2D eigenvalue weighted by Crippen LogP contribution is 2.36. The highest BCUT2D eigenvalue weighted by atomic mass is 32.2. The number of sulfonamides is 1. The largest absolute Gasteiger partial charge is 0.310 e. The highest BCUT2D eigenvalue weighted by molar-refractivity contribution is 7.92. The van der Waals surface area contributed by atoms with Gasteiger partial charge >= 0.3 is 0 Å². The van der Waals surface area contributed by atoms with E-state index in [0.717, 1.165) is 6.07 Å². The zero-order valence-electron chi connectivity index (χ0n) is 17.5. The van der Waals surface area contributed by atoms with E-state index in [1.807, 2.05) is 6.92 Å². The van der Waals surface area contributed by atoms with Gasteiger partial charge < -0.3 is 5.32 Å². The zero-order chi connectivity index (χ0) is 23.0. The summed E-state index contributed by atoms with van der Waals surface area (Å²) in [6, 6.07) is 10.3. The summed E-state index contributed by atoms with van der Waals surface area (Å²) < 4.78 is 43.6. The van der Waals surface area contributed by atoms with Gasteiger partial charge in [0.05, 0.1) is 16.3 Å². The summed E-state index contributed by atoms with van der Waals surface area (Å²) in [5.41, 5.74) is 1.79. The van der Waals surface area contributed by atoms with Crippen LogP contribution in [0.15, 0.2) is 47.4 Å². The number of hydrogen-bond donors (Lipinski definition) is 2. The second-order valence-electron chi connectivity index (χ2n) is 7.44. The van der Waals surface area contributed by atoms with Crippen LogP contribution in [0, 0.1) is 12.7 Å². The molecule has 1 aromatic heterocycles. The van der Waals surface area contributed by atoms with Crippen LogP contribution in [0.2, 0.25) is 0 Å². The summed E-state index contributed by atoms with van der Waals surface area (Å²) in [4.78, 5) is 24.5. The molecule has 32 heavy (non-hydrogen) atoms. The molecule has 8 nitrogen and oxygen atoms in total. The normalized spacial score (nSPS) is 14.0. The van der Waals surface area contributed by atoms with E-state index >= 15 is 0 Å². The maximum atomic E-state index is 14.0. The molecule has 0 unspecified atom stereocenters. The van der Waals surface area contributed by atoms with E-state index in [9.17, 15) is 22.4 Å². The lowest BCUT2D eigenvalue weighted by atomic mass is 10.0. The first-order valence-electron chi connectivity index (χ1n) is 10.0. The second-order valence-corrected chi connectivity index (χ2v) is 9.09. The Balaban J connectivity index is 1.84. The minimum Gasteiger partial charge on any atom is -0.310 e. The molecule has 0 aliphatic carbocycles. The van der Waals surface area contributed by atoms with Crippen molar-refractivity contribution in [2.24, 2.45) is 0 Å². The average molecular weight is 456 g/mol. The van der Waals surface area contributed by atoms with Crippen LogP contribution in [0.3, 0.4) is 0 Å². The summed E-state index contributed by atoms with van der Waals surface area (Å²) in [5, 5.41) is 7.07. The molecule has 166 valence electrons. The molecule has 0 fully saturated rings. The third kappa shape index (κ3) is 3.89. The number of aryl methyl sites for hydroxylation is 2. The van der Waals surface area contributed by atoms with E-state index in [-0.39, 0.29) is 41.1 Å². The van der Waals surface area contributed by atoms with Crippen molar-refractivity contribution in [1.29, 1.82) is 0 Å². The molecular weight excluding hydrogens is 435 g/mol. The molecule has 0 atom stereocenters. The molecule has 2 heterocycles. The Kier molecular flexibility index (Phi) is 5.55. The van der Waals surface area contributed by atoms with E-state index in [1.165, 1.54) is 28.9 Å². The predicted octanol–water partition coefficient (Wildman–Crippen LogP) is 3.73. The molecule has 1 aliphatic rings. The highest BCUT2D eigenvalue weighted by Gasteiger charge is 2.28. The summed E-state index contributed by atoms with van der Waals surface area (Å²) in [7, 11) is -4.12. The van der Waals surface area contributed by atoms with Gasteiger partial charge in [0, 0.05) is 18.4 Å². The molecule has 1 aliphatic heterocycles. The zero-order valence-corrected chi connectivity index (χ0v) is 18.3. The fraction of sp³-hybridized carbons (Fsp3) is 0.227. The molecule has 2 N–H and O–H groups in total. The first-order chi connectivity index (χ1) is 15.2. The van der Waals surface area contributed by atoms with E-state index in [1.54, 1.807) is 19.1 Å². The van der Waals surface area contributed by atoms with Gasteiger partial charge in [-0.15, -0.1) is 0 Å². The lowest BCUT2D eigenvalue weighted by Crippen LogP contribution is -2.15. The van der Waals surface area contributed by atoms with Crippen molar-refractivity contribution in [2.45, 2.75) is 38.0 Å². The van der Waals surface area contributed by atoms with Crippen molar-refractivity contribution in [3.8, 4) is 11.1 Å². The molecule has 4 rings (SSSR count). The number of rotatable bonds is 5. The van der Waals surface area contributed by atoms with Crippen LogP contribution in [0.5, 0.6) is 0 Å². The predicted molar refractivity (Wildman–Crippen MR) is 117 cm³/mol. The SMILES string of the molecule is CCc1nn2c(c1-c1ccc(C)c(S(=O)(=O)Nc3ccccc3F)c1)NC(=O)CCC2=O. The number of nitrogens with one attached hydrogen (secondary N) is 2. The smallest absolute Gasteiger partial charge is 0.262 e. The molecule has 3 aromatic rings. The Labute approximate surface area is 184 Å². The summed E-state index contributed by atoms with van der Waals surface area (Å²) in [6.07, 6.45) is 0.536. The van der Waals surface area contributed by atoms with Crippen LogP contribution in [-0.4, -0.2) is 30.0 Å². The van der Waals surface area contributed by atoms with Crippen LogP contribution in [0.1, 0.15) is 35.8 Å². The van der Waals surface area contributed by atoms with Gasteiger partial charge in [-0.05, 0) is 42.7 Å². The Hall–Kier alpha value is -3.53. The van der Waals surface area contributed by atoms with Gasteiger partial charge in [-0.25, -0.2) is 12.8 Å². The quantitative estimate of drug-likeness (QED) is 0.608. The number of carbonyl (C=O) groups is 2. The molecule has 1 amide bonds. The summed E-state index contributed by atoms with van der Waals surface area (Å²) in [5.74, 6) is -1.10.